The standard InChI is InChI=1S/C10H9ClO4/c1-10(15,9(13)14)8(12)6-2-4-7(11)5-3-6/h2-5,15H,1H3,(H,13,14). The Morgan fingerprint density at radius 3 is 2.13 bits per heavy atom. The van der Waals surface area contributed by atoms with E-state index in [1.165, 1.54) is 24.3 Å². The van der Waals surface area contributed by atoms with Crippen molar-refractivity contribution in [2.75, 3.05) is 0 Å². The van der Waals surface area contributed by atoms with Crippen molar-refractivity contribution in [3.05, 3.63) is 34.9 Å². The largest absolute Gasteiger partial charge is 0.479 e. The van der Waals surface area contributed by atoms with Crippen LogP contribution >= 0.6 is 11.6 Å². The van der Waals surface area contributed by atoms with Gasteiger partial charge >= 0.3 is 5.97 Å². The van der Waals surface area contributed by atoms with Gasteiger partial charge in [-0.15, -0.1) is 0 Å². The van der Waals surface area contributed by atoms with Crippen molar-refractivity contribution in [2.45, 2.75) is 12.5 Å². The highest BCUT2D eigenvalue weighted by Gasteiger charge is 2.39. The van der Waals surface area contributed by atoms with Gasteiger partial charge in [0.15, 0.2) is 0 Å². The molecule has 0 aliphatic rings. The molecule has 1 aromatic rings. The van der Waals surface area contributed by atoms with E-state index in [-0.39, 0.29) is 5.56 Å². The topological polar surface area (TPSA) is 74.6 Å². The molecule has 1 unspecified atom stereocenters. The average Bonchev–Trinajstić information content (AvgIpc) is 2.17. The molecule has 1 rings (SSSR count). The van der Waals surface area contributed by atoms with Gasteiger partial charge in [0.1, 0.15) is 0 Å². The summed E-state index contributed by atoms with van der Waals surface area (Å²) in [6, 6.07) is 5.63. The molecular formula is C10H9ClO4. The number of ketones is 1. The monoisotopic (exact) mass is 228 g/mol. The number of aliphatic carboxylic acids is 1. The first-order valence-corrected chi connectivity index (χ1v) is 4.49. The van der Waals surface area contributed by atoms with E-state index >= 15 is 0 Å². The van der Waals surface area contributed by atoms with Crippen molar-refractivity contribution in [1.82, 2.24) is 0 Å². The molecule has 0 heterocycles. The fraction of sp³-hybridized carbons (Fsp3) is 0.200. The van der Waals surface area contributed by atoms with Crippen LogP contribution < -0.4 is 0 Å². The molecule has 0 fully saturated rings. The maximum Gasteiger partial charge on any atom is 0.343 e. The smallest absolute Gasteiger partial charge is 0.343 e. The van der Waals surface area contributed by atoms with Crippen molar-refractivity contribution in [3.8, 4) is 0 Å². The normalized spacial score (nSPS) is 14.3. The van der Waals surface area contributed by atoms with Gasteiger partial charge in [0, 0.05) is 10.6 Å². The summed E-state index contributed by atoms with van der Waals surface area (Å²) in [5, 5.41) is 18.5. The lowest BCUT2D eigenvalue weighted by Crippen LogP contribution is -2.43. The van der Waals surface area contributed by atoms with E-state index in [4.69, 9.17) is 16.7 Å². The SMILES string of the molecule is CC(O)(C(=O)O)C(=O)c1ccc(Cl)cc1. The number of Topliss-reactive ketones (excluding diaryl/α,β-unsaturated/α-hetero) is 1. The number of hydrogen-bond donors (Lipinski definition) is 2. The lowest BCUT2D eigenvalue weighted by atomic mass is 9.95. The van der Waals surface area contributed by atoms with Gasteiger partial charge in [-0.1, -0.05) is 11.6 Å². The first-order valence-electron chi connectivity index (χ1n) is 4.12. The zero-order valence-corrected chi connectivity index (χ0v) is 8.65. The van der Waals surface area contributed by atoms with Gasteiger partial charge in [0.25, 0.3) is 0 Å². The van der Waals surface area contributed by atoms with E-state index in [1.807, 2.05) is 0 Å². The fourth-order valence-corrected chi connectivity index (χ4v) is 1.11. The second kappa shape index (κ2) is 4.00. The molecule has 0 saturated carbocycles. The molecule has 0 bridgehead atoms. The minimum absolute atomic E-state index is 0.104. The lowest BCUT2D eigenvalue weighted by molar-refractivity contribution is -0.151. The molecule has 1 atom stereocenters. The summed E-state index contributed by atoms with van der Waals surface area (Å²) in [7, 11) is 0. The Hall–Kier alpha value is -1.39. The van der Waals surface area contributed by atoms with Crippen LogP contribution in [0.4, 0.5) is 0 Å². The molecule has 5 heteroatoms. The van der Waals surface area contributed by atoms with Crippen molar-refractivity contribution in [2.24, 2.45) is 0 Å². The summed E-state index contributed by atoms with van der Waals surface area (Å²) in [6.45, 7) is 0.937. The molecule has 15 heavy (non-hydrogen) atoms. The Morgan fingerprint density at radius 2 is 1.73 bits per heavy atom. The number of halogens is 1. The Morgan fingerprint density at radius 1 is 1.27 bits per heavy atom. The number of carboxylic acid groups (broad SMARTS) is 1. The van der Waals surface area contributed by atoms with Gasteiger partial charge in [-0.2, -0.15) is 0 Å². The Labute approximate surface area is 91.1 Å². The highest BCUT2D eigenvalue weighted by Crippen LogP contribution is 2.16. The minimum Gasteiger partial charge on any atom is -0.479 e. The highest BCUT2D eigenvalue weighted by molar-refractivity contribution is 6.30. The van der Waals surface area contributed by atoms with Crippen LogP contribution in [0.3, 0.4) is 0 Å². The number of carbonyl (C=O) groups is 2. The zero-order valence-electron chi connectivity index (χ0n) is 7.90. The summed E-state index contributed by atoms with van der Waals surface area (Å²) in [4.78, 5) is 22.2. The Kier molecular flexibility index (Phi) is 3.12. The maximum absolute atomic E-state index is 11.5. The lowest BCUT2D eigenvalue weighted by Gasteiger charge is -2.15. The summed E-state index contributed by atoms with van der Waals surface area (Å²) >= 11 is 5.60. The molecule has 0 amide bonds. The van der Waals surface area contributed by atoms with Gasteiger partial charge in [-0.3, -0.25) is 4.79 Å². The van der Waals surface area contributed by atoms with Crippen molar-refractivity contribution < 1.29 is 19.8 Å². The van der Waals surface area contributed by atoms with Gasteiger partial charge in [0.05, 0.1) is 0 Å². The summed E-state index contributed by atoms with van der Waals surface area (Å²) < 4.78 is 0. The van der Waals surface area contributed by atoms with Crippen LogP contribution in [0.2, 0.25) is 5.02 Å². The van der Waals surface area contributed by atoms with Crippen molar-refractivity contribution >= 4 is 23.4 Å². The van der Waals surface area contributed by atoms with Gasteiger partial charge in [-0.05, 0) is 31.2 Å². The Bertz CT molecular complexity index is 394. The van der Waals surface area contributed by atoms with Crippen LogP contribution in [0.15, 0.2) is 24.3 Å². The van der Waals surface area contributed by atoms with Crippen LogP contribution in [-0.2, 0) is 4.79 Å². The quantitative estimate of drug-likeness (QED) is 0.605. The number of hydrogen-bond acceptors (Lipinski definition) is 3. The van der Waals surface area contributed by atoms with E-state index in [9.17, 15) is 14.7 Å². The molecule has 0 saturated heterocycles. The van der Waals surface area contributed by atoms with E-state index in [1.54, 1.807) is 0 Å². The van der Waals surface area contributed by atoms with Gasteiger partial charge < -0.3 is 10.2 Å². The molecular weight excluding hydrogens is 220 g/mol. The predicted molar refractivity (Wildman–Crippen MR) is 54.0 cm³/mol. The third-order valence-electron chi connectivity index (χ3n) is 1.96. The third-order valence-corrected chi connectivity index (χ3v) is 2.22. The van der Waals surface area contributed by atoms with Gasteiger partial charge in [-0.25, -0.2) is 4.79 Å². The highest BCUT2D eigenvalue weighted by atomic mass is 35.5. The summed E-state index contributed by atoms with van der Waals surface area (Å²) in [5.74, 6) is -2.45. The second-order valence-corrected chi connectivity index (χ2v) is 3.65. The Balaban J connectivity index is 3.05. The van der Waals surface area contributed by atoms with Crippen molar-refractivity contribution in [3.63, 3.8) is 0 Å². The average molecular weight is 229 g/mol. The third kappa shape index (κ3) is 2.34. The van der Waals surface area contributed by atoms with E-state index in [0.717, 1.165) is 6.92 Å². The van der Waals surface area contributed by atoms with Crippen LogP contribution in [0, 0.1) is 0 Å². The second-order valence-electron chi connectivity index (χ2n) is 3.21. The number of rotatable bonds is 3. The molecule has 1 aromatic carbocycles. The minimum atomic E-state index is -2.41. The number of aliphatic hydroxyl groups is 1. The van der Waals surface area contributed by atoms with Crippen LogP contribution in [0.25, 0.3) is 0 Å². The molecule has 0 spiro atoms. The van der Waals surface area contributed by atoms with Crippen LogP contribution in [0.1, 0.15) is 17.3 Å². The zero-order chi connectivity index (χ0) is 11.6. The van der Waals surface area contributed by atoms with Crippen LogP contribution in [0.5, 0.6) is 0 Å². The number of carbonyl (C=O) groups excluding carboxylic acids is 1. The maximum atomic E-state index is 11.5. The summed E-state index contributed by atoms with van der Waals surface area (Å²) in [6.07, 6.45) is 0. The molecule has 0 aliphatic carbocycles. The van der Waals surface area contributed by atoms with Gasteiger partial charge in [0.2, 0.25) is 11.4 Å². The first kappa shape index (κ1) is 11.7. The van der Waals surface area contributed by atoms with E-state index in [2.05, 4.69) is 0 Å². The first-order chi connectivity index (χ1) is 6.85. The number of carboxylic acids is 1. The van der Waals surface area contributed by atoms with Crippen molar-refractivity contribution in [1.29, 1.82) is 0 Å². The fourth-order valence-electron chi connectivity index (χ4n) is 0.979. The summed E-state index contributed by atoms with van der Waals surface area (Å²) in [5.41, 5.74) is -2.31. The van der Waals surface area contributed by atoms with E-state index < -0.39 is 17.4 Å². The molecule has 0 aromatic heterocycles. The predicted octanol–water partition coefficient (Wildman–Crippen LogP) is 1.36. The molecule has 4 nitrogen and oxygen atoms in total. The van der Waals surface area contributed by atoms with Crippen LogP contribution in [-0.4, -0.2) is 27.6 Å². The number of benzene rings is 1. The molecule has 80 valence electrons. The molecule has 0 aliphatic heterocycles. The molecule has 2 N–H and O–H groups in total. The molecule has 0 radical (unpaired) electrons. The van der Waals surface area contributed by atoms with E-state index in [0.29, 0.717) is 5.02 Å².